The summed E-state index contributed by atoms with van der Waals surface area (Å²) < 4.78 is 5.58. The Kier molecular flexibility index (Phi) is 2.42. The maximum atomic E-state index is 8.76. The summed E-state index contributed by atoms with van der Waals surface area (Å²) in [6, 6.07) is 5.66. The number of benzene rings is 1. The minimum Gasteiger partial charge on any atom is -0.490 e. The summed E-state index contributed by atoms with van der Waals surface area (Å²) >= 11 is 5.99. The third kappa shape index (κ3) is 1.64. The Hall–Kier alpha value is -0.730. The van der Waals surface area contributed by atoms with Gasteiger partial charge in [0.1, 0.15) is 11.9 Å². The largest absolute Gasteiger partial charge is 0.490 e. The molecular weight excluding hydrogens is 188 g/mol. The van der Waals surface area contributed by atoms with Gasteiger partial charge in [-0.1, -0.05) is 17.7 Å². The number of aliphatic hydroxyl groups is 1. The number of hydrogen-bond acceptors (Lipinski definition) is 2. The maximum absolute atomic E-state index is 8.76. The summed E-state index contributed by atoms with van der Waals surface area (Å²) in [7, 11) is 0. The first kappa shape index (κ1) is 8.85. The zero-order valence-electron chi connectivity index (χ0n) is 7.16. The summed E-state index contributed by atoms with van der Waals surface area (Å²) in [5, 5.41) is 9.52. The molecule has 1 aromatic rings. The van der Waals surface area contributed by atoms with Gasteiger partial charge in [-0.05, 0) is 12.1 Å². The van der Waals surface area contributed by atoms with Crippen LogP contribution < -0.4 is 4.74 Å². The Bertz CT molecular complexity index is 312. The van der Waals surface area contributed by atoms with Crippen LogP contribution in [0.3, 0.4) is 0 Å². The molecular formula is C10H11ClO2. The highest BCUT2D eigenvalue weighted by Gasteiger charge is 2.23. The molecule has 1 aliphatic rings. The van der Waals surface area contributed by atoms with E-state index in [1.165, 1.54) is 0 Å². The van der Waals surface area contributed by atoms with Crippen molar-refractivity contribution in [3.05, 3.63) is 28.8 Å². The van der Waals surface area contributed by atoms with Gasteiger partial charge in [0.05, 0.1) is 0 Å². The maximum Gasteiger partial charge on any atom is 0.124 e. The van der Waals surface area contributed by atoms with Crippen LogP contribution in [0.1, 0.15) is 12.0 Å². The molecule has 1 aromatic carbocycles. The minimum atomic E-state index is 0.0971. The van der Waals surface area contributed by atoms with Crippen molar-refractivity contribution in [1.82, 2.24) is 0 Å². The van der Waals surface area contributed by atoms with Crippen LogP contribution in [0, 0.1) is 0 Å². The first-order valence-corrected chi connectivity index (χ1v) is 4.74. The molecule has 0 amide bonds. The summed E-state index contributed by atoms with van der Waals surface area (Å²) in [4.78, 5) is 0. The van der Waals surface area contributed by atoms with Gasteiger partial charge in [-0.3, -0.25) is 0 Å². The zero-order chi connectivity index (χ0) is 9.26. The lowest BCUT2D eigenvalue weighted by atomic mass is 10.1. The van der Waals surface area contributed by atoms with Crippen LogP contribution in [-0.2, 0) is 6.42 Å². The average molecular weight is 199 g/mol. The molecule has 1 aliphatic heterocycles. The van der Waals surface area contributed by atoms with Gasteiger partial charge >= 0.3 is 0 Å². The lowest BCUT2D eigenvalue weighted by molar-refractivity contribution is 0.175. The predicted octanol–water partition coefficient (Wildman–Crippen LogP) is 2.03. The van der Waals surface area contributed by atoms with Crippen molar-refractivity contribution in [3.8, 4) is 5.75 Å². The summed E-state index contributed by atoms with van der Waals surface area (Å²) in [6.07, 6.45) is 1.58. The molecule has 2 nitrogen and oxygen atoms in total. The molecule has 2 rings (SSSR count). The second-order valence-electron chi connectivity index (χ2n) is 3.17. The molecule has 0 radical (unpaired) electrons. The van der Waals surface area contributed by atoms with Crippen molar-refractivity contribution in [2.45, 2.75) is 18.9 Å². The molecule has 1 N–H and O–H groups in total. The van der Waals surface area contributed by atoms with E-state index in [0.29, 0.717) is 6.42 Å². The van der Waals surface area contributed by atoms with Crippen LogP contribution in [0.25, 0.3) is 0 Å². The lowest BCUT2D eigenvalue weighted by Gasteiger charge is -2.07. The molecule has 0 saturated carbocycles. The SMILES string of the molecule is OCCC1Cc2c(Cl)cccc2O1. The Morgan fingerprint density at radius 2 is 2.38 bits per heavy atom. The second kappa shape index (κ2) is 3.56. The van der Waals surface area contributed by atoms with Crippen molar-refractivity contribution in [2.24, 2.45) is 0 Å². The summed E-state index contributed by atoms with van der Waals surface area (Å²) in [5.41, 5.74) is 1.07. The molecule has 0 spiro atoms. The van der Waals surface area contributed by atoms with Gasteiger partial charge in [0.25, 0.3) is 0 Å². The molecule has 0 aliphatic carbocycles. The molecule has 70 valence electrons. The number of fused-ring (bicyclic) bond motifs is 1. The van der Waals surface area contributed by atoms with E-state index in [-0.39, 0.29) is 12.7 Å². The monoisotopic (exact) mass is 198 g/mol. The van der Waals surface area contributed by atoms with E-state index in [9.17, 15) is 0 Å². The van der Waals surface area contributed by atoms with Gasteiger partial charge < -0.3 is 9.84 Å². The van der Waals surface area contributed by atoms with Crippen molar-refractivity contribution in [1.29, 1.82) is 0 Å². The first-order valence-electron chi connectivity index (χ1n) is 4.36. The molecule has 0 aromatic heterocycles. The second-order valence-corrected chi connectivity index (χ2v) is 3.58. The molecule has 13 heavy (non-hydrogen) atoms. The van der Waals surface area contributed by atoms with E-state index in [1.807, 2.05) is 18.2 Å². The van der Waals surface area contributed by atoms with E-state index in [1.54, 1.807) is 0 Å². The first-order chi connectivity index (χ1) is 6.31. The Morgan fingerprint density at radius 1 is 1.54 bits per heavy atom. The molecule has 3 heteroatoms. The minimum absolute atomic E-state index is 0.0971. The van der Waals surface area contributed by atoms with Crippen LogP contribution in [0.2, 0.25) is 5.02 Å². The van der Waals surface area contributed by atoms with Crippen LogP contribution in [0.15, 0.2) is 18.2 Å². The van der Waals surface area contributed by atoms with E-state index in [2.05, 4.69) is 0 Å². The topological polar surface area (TPSA) is 29.5 Å². The number of ether oxygens (including phenoxy) is 1. The molecule has 0 saturated heterocycles. The van der Waals surface area contributed by atoms with Crippen molar-refractivity contribution in [3.63, 3.8) is 0 Å². The molecule has 0 fully saturated rings. The fourth-order valence-corrected chi connectivity index (χ4v) is 1.84. The number of halogens is 1. The third-order valence-corrected chi connectivity index (χ3v) is 2.61. The van der Waals surface area contributed by atoms with Crippen LogP contribution >= 0.6 is 11.6 Å². The standard InChI is InChI=1S/C10H11ClO2/c11-9-2-1-3-10-8(9)6-7(13-10)4-5-12/h1-3,7,12H,4-6H2. The Morgan fingerprint density at radius 3 is 3.08 bits per heavy atom. The third-order valence-electron chi connectivity index (χ3n) is 2.25. The van der Waals surface area contributed by atoms with Gasteiger partial charge in [-0.15, -0.1) is 0 Å². The highest BCUT2D eigenvalue weighted by atomic mass is 35.5. The Balaban J connectivity index is 2.20. The number of hydrogen-bond donors (Lipinski definition) is 1. The quantitative estimate of drug-likeness (QED) is 0.788. The van der Waals surface area contributed by atoms with Crippen LogP contribution in [-0.4, -0.2) is 17.8 Å². The van der Waals surface area contributed by atoms with Gasteiger partial charge in [-0.25, -0.2) is 0 Å². The van der Waals surface area contributed by atoms with E-state index in [0.717, 1.165) is 22.8 Å². The lowest BCUT2D eigenvalue weighted by Crippen LogP contribution is -2.14. The predicted molar refractivity (Wildman–Crippen MR) is 51.3 cm³/mol. The highest BCUT2D eigenvalue weighted by molar-refractivity contribution is 6.31. The normalized spacial score (nSPS) is 19.7. The van der Waals surface area contributed by atoms with Crippen LogP contribution in [0.5, 0.6) is 5.75 Å². The average Bonchev–Trinajstić information content (AvgIpc) is 2.49. The van der Waals surface area contributed by atoms with Crippen molar-refractivity contribution < 1.29 is 9.84 Å². The molecule has 0 bridgehead atoms. The summed E-state index contributed by atoms with van der Waals surface area (Å²) in [5.74, 6) is 0.867. The van der Waals surface area contributed by atoms with Crippen molar-refractivity contribution >= 4 is 11.6 Å². The fraction of sp³-hybridized carbons (Fsp3) is 0.400. The van der Waals surface area contributed by atoms with E-state index < -0.39 is 0 Å². The number of aliphatic hydroxyl groups excluding tert-OH is 1. The van der Waals surface area contributed by atoms with Gasteiger partial charge in [0.2, 0.25) is 0 Å². The van der Waals surface area contributed by atoms with Gasteiger partial charge in [0, 0.05) is 30.0 Å². The molecule has 1 unspecified atom stereocenters. The van der Waals surface area contributed by atoms with Crippen LogP contribution in [0.4, 0.5) is 0 Å². The molecule has 1 atom stereocenters. The Labute approximate surface area is 82.1 Å². The van der Waals surface area contributed by atoms with Crippen molar-refractivity contribution in [2.75, 3.05) is 6.61 Å². The van der Waals surface area contributed by atoms with E-state index >= 15 is 0 Å². The zero-order valence-corrected chi connectivity index (χ0v) is 7.92. The smallest absolute Gasteiger partial charge is 0.124 e. The van der Waals surface area contributed by atoms with Gasteiger partial charge in [-0.2, -0.15) is 0 Å². The molecule has 1 heterocycles. The van der Waals surface area contributed by atoms with Gasteiger partial charge in [0.15, 0.2) is 0 Å². The van der Waals surface area contributed by atoms with E-state index in [4.69, 9.17) is 21.4 Å². The fourth-order valence-electron chi connectivity index (χ4n) is 1.60. The highest BCUT2D eigenvalue weighted by Crippen LogP contribution is 2.34. The summed E-state index contributed by atoms with van der Waals surface area (Å²) in [6.45, 7) is 0.163. The number of rotatable bonds is 2.